The molecule has 0 amide bonds. The maximum Gasteiger partial charge on any atom is 0.0732 e. The first-order valence-electron chi connectivity index (χ1n) is 3.86. The molecule has 0 heterocycles. The van der Waals surface area contributed by atoms with Crippen molar-refractivity contribution in [2.45, 2.75) is 6.61 Å². The molecule has 0 fully saturated rings. The Morgan fingerprint density at radius 2 is 2.31 bits per heavy atom. The first-order valence-corrected chi connectivity index (χ1v) is 5.03. The van der Waals surface area contributed by atoms with Crippen LogP contribution in [0.15, 0.2) is 35.3 Å². The van der Waals surface area contributed by atoms with Gasteiger partial charge in [-0.15, -0.1) is 6.58 Å². The smallest absolute Gasteiger partial charge is 0.0732 e. The summed E-state index contributed by atoms with van der Waals surface area (Å²) in [4.78, 5) is 0. The minimum absolute atomic E-state index is 0.565. The number of hydrogen-bond acceptors (Lipinski definition) is 1. The Labute approximate surface area is 91.5 Å². The minimum atomic E-state index is 0.565. The second kappa shape index (κ2) is 5.43. The summed E-state index contributed by atoms with van der Waals surface area (Å²) >= 11 is 9.20. The van der Waals surface area contributed by atoms with E-state index in [1.165, 1.54) is 0 Å². The monoisotopic (exact) mass is 260 g/mol. The van der Waals surface area contributed by atoms with Crippen molar-refractivity contribution in [2.75, 3.05) is 6.61 Å². The van der Waals surface area contributed by atoms with E-state index in [9.17, 15) is 0 Å². The third kappa shape index (κ3) is 3.51. The Kier molecular flexibility index (Phi) is 4.50. The zero-order valence-electron chi connectivity index (χ0n) is 7.09. The van der Waals surface area contributed by atoms with Gasteiger partial charge in [0.15, 0.2) is 0 Å². The van der Waals surface area contributed by atoms with Gasteiger partial charge in [0.1, 0.15) is 0 Å². The first kappa shape index (κ1) is 10.8. The maximum atomic E-state index is 5.79. The predicted molar refractivity (Wildman–Crippen MR) is 59.0 cm³/mol. The van der Waals surface area contributed by atoms with Crippen LogP contribution in [0.3, 0.4) is 0 Å². The highest BCUT2D eigenvalue weighted by Crippen LogP contribution is 2.21. The van der Waals surface area contributed by atoms with E-state index in [0.29, 0.717) is 13.2 Å². The van der Waals surface area contributed by atoms with Crippen molar-refractivity contribution >= 4 is 27.5 Å². The van der Waals surface area contributed by atoms with Gasteiger partial charge in [-0.3, -0.25) is 0 Å². The van der Waals surface area contributed by atoms with Crippen LogP contribution in [-0.2, 0) is 11.3 Å². The molecular formula is C10H10BrClO. The summed E-state index contributed by atoms with van der Waals surface area (Å²) in [5.41, 5.74) is 1.09. The van der Waals surface area contributed by atoms with Gasteiger partial charge in [-0.05, 0) is 17.7 Å². The molecule has 1 aromatic rings. The highest BCUT2D eigenvalue weighted by molar-refractivity contribution is 9.10. The van der Waals surface area contributed by atoms with E-state index >= 15 is 0 Å². The summed E-state index contributed by atoms with van der Waals surface area (Å²) in [5, 5.41) is 0.722. The van der Waals surface area contributed by atoms with Gasteiger partial charge >= 0.3 is 0 Å². The van der Waals surface area contributed by atoms with E-state index in [-0.39, 0.29) is 0 Å². The molecule has 0 aliphatic rings. The van der Waals surface area contributed by atoms with Gasteiger partial charge < -0.3 is 4.74 Å². The molecule has 1 rings (SSSR count). The molecule has 13 heavy (non-hydrogen) atoms. The summed E-state index contributed by atoms with van der Waals surface area (Å²) in [6.07, 6.45) is 1.73. The molecule has 0 aliphatic carbocycles. The van der Waals surface area contributed by atoms with E-state index in [0.717, 1.165) is 15.1 Å². The summed E-state index contributed by atoms with van der Waals surface area (Å²) in [6.45, 7) is 4.71. The Bertz CT molecular complexity index is 299. The van der Waals surface area contributed by atoms with Crippen molar-refractivity contribution in [2.24, 2.45) is 0 Å². The van der Waals surface area contributed by atoms with Crippen molar-refractivity contribution < 1.29 is 4.74 Å². The Morgan fingerprint density at radius 3 is 2.92 bits per heavy atom. The molecule has 0 bridgehead atoms. The lowest BCUT2D eigenvalue weighted by Crippen LogP contribution is -1.93. The second-order valence-corrected chi connectivity index (χ2v) is 3.83. The van der Waals surface area contributed by atoms with Crippen molar-refractivity contribution in [3.63, 3.8) is 0 Å². The van der Waals surface area contributed by atoms with Gasteiger partial charge in [-0.1, -0.05) is 39.7 Å². The summed E-state index contributed by atoms with van der Waals surface area (Å²) in [5.74, 6) is 0. The molecule has 0 aliphatic heterocycles. The van der Waals surface area contributed by atoms with Crippen molar-refractivity contribution in [3.8, 4) is 0 Å². The normalized spacial score (nSPS) is 10.0. The van der Waals surface area contributed by atoms with E-state index in [1.54, 1.807) is 6.08 Å². The van der Waals surface area contributed by atoms with Crippen LogP contribution < -0.4 is 0 Å². The first-order chi connectivity index (χ1) is 6.24. The summed E-state index contributed by atoms with van der Waals surface area (Å²) < 4.78 is 6.27. The van der Waals surface area contributed by atoms with Gasteiger partial charge in [0, 0.05) is 9.50 Å². The van der Waals surface area contributed by atoms with E-state index in [2.05, 4.69) is 22.5 Å². The fourth-order valence-electron chi connectivity index (χ4n) is 0.891. The van der Waals surface area contributed by atoms with E-state index in [4.69, 9.17) is 16.3 Å². The van der Waals surface area contributed by atoms with Gasteiger partial charge in [0.2, 0.25) is 0 Å². The second-order valence-electron chi connectivity index (χ2n) is 2.54. The molecule has 0 spiro atoms. The Morgan fingerprint density at radius 1 is 1.54 bits per heavy atom. The average molecular weight is 262 g/mol. The molecule has 0 aromatic heterocycles. The zero-order chi connectivity index (χ0) is 9.68. The largest absolute Gasteiger partial charge is 0.373 e. The highest BCUT2D eigenvalue weighted by Gasteiger charge is 1.99. The van der Waals surface area contributed by atoms with E-state index < -0.39 is 0 Å². The molecule has 0 saturated carbocycles. The maximum absolute atomic E-state index is 5.79. The molecule has 3 heteroatoms. The van der Waals surface area contributed by atoms with Crippen molar-refractivity contribution in [1.29, 1.82) is 0 Å². The lowest BCUT2D eigenvalue weighted by Gasteiger charge is -2.04. The van der Waals surface area contributed by atoms with Gasteiger partial charge in [0.05, 0.1) is 13.2 Å². The number of benzene rings is 1. The van der Waals surface area contributed by atoms with Crippen LogP contribution in [0.4, 0.5) is 0 Å². The molecule has 1 nitrogen and oxygen atoms in total. The van der Waals surface area contributed by atoms with Crippen LogP contribution in [0.2, 0.25) is 5.02 Å². The minimum Gasteiger partial charge on any atom is -0.373 e. The topological polar surface area (TPSA) is 9.23 Å². The molecule has 1 aromatic carbocycles. The zero-order valence-corrected chi connectivity index (χ0v) is 9.44. The number of hydrogen-bond donors (Lipinski definition) is 0. The fraction of sp³-hybridized carbons (Fsp3) is 0.200. The fourth-order valence-corrected chi connectivity index (χ4v) is 1.69. The summed E-state index contributed by atoms with van der Waals surface area (Å²) in [6, 6.07) is 5.64. The quantitative estimate of drug-likeness (QED) is 0.592. The number of rotatable bonds is 4. The van der Waals surface area contributed by atoms with E-state index in [1.807, 2.05) is 18.2 Å². The van der Waals surface area contributed by atoms with Gasteiger partial charge in [-0.2, -0.15) is 0 Å². The van der Waals surface area contributed by atoms with Crippen molar-refractivity contribution in [3.05, 3.63) is 45.9 Å². The molecule has 0 saturated heterocycles. The van der Waals surface area contributed by atoms with Gasteiger partial charge in [-0.25, -0.2) is 0 Å². The summed E-state index contributed by atoms with van der Waals surface area (Å²) in [7, 11) is 0. The molecule has 0 atom stereocenters. The van der Waals surface area contributed by atoms with Crippen LogP contribution in [-0.4, -0.2) is 6.61 Å². The highest BCUT2D eigenvalue weighted by atomic mass is 79.9. The molecule has 0 radical (unpaired) electrons. The SMILES string of the molecule is C=CCOCc1ccc(Cl)cc1Br. The third-order valence-corrected chi connectivity index (χ3v) is 2.48. The van der Waals surface area contributed by atoms with Crippen LogP contribution in [0.1, 0.15) is 5.56 Å². The standard InChI is InChI=1S/C10H10BrClO/c1-2-5-13-7-8-3-4-9(12)6-10(8)11/h2-4,6H,1,5,7H2. The molecule has 0 N–H and O–H groups in total. The number of ether oxygens (including phenoxy) is 1. The van der Waals surface area contributed by atoms with Crippen LogP contribution in [0.25, 0.3) is 0 Å². The Balaban J connectivity index is 2.61. The van der Waals surface area contributed by atoms with Gasteiger partial charge in [0.25, 0.3) is 0 Å². The van der Waals surface area contributed by atoms with Crippen molar-refractivity contribution in [1.82, 2.24) is 0 Å². The average Bonchev–Trinajstić information content (AvgIpc) is 2.09. The molecule has 0 unspecified atom stereocenters. The van der Waals surface area contributed by atoms with Crippen LogP contribution >= 0.6 is 27.5 Å². The third-order valence-electron chi connectivity index (χ3n) is 1.51. The lowest BCUT2D eigenvalue weighted by molar-refractivity contribution is 0.148. The van der Waals surface area contributed by atoms with Crippen LogP contribution in [0, 0.1) is 0 Å². The Hall–Kier alpha value is -0.310. The predicted octanol–water partition coefficient (Wildman–Crippen LogP) is 3.81. The lowest BCUT2D eigenvalue weighted by atomic mass is 10.2. The van der Waals surface area contributed by atoms with Crippen LogP contribution in [0.5, 0.6) is 0 Å². The number of halogens is 2. The molecular weight excluding hydrogens is 251 g/mol. The molecule has 70 valence electrons.